The predicted molar refractivity (Wildman–Crippen MR) is 110 cm³/mol. The summed E-state index contributed by atoms with van der Waals surface area (Å²) in [5.74, 6) is -1.53. The third-order valence-electron chi connectivity index (χ3n) is 4.14. The third-order valence-corrected chi connectivity index (χ3v) is 4.96. The average Bonchev–Trinajstić information content (AvgIpc) is 3.12. The van der Waals surface area contributed by atoms with E-state index in [1.165, 1.54) is 12.1 Å². The molecule has 0 saturated carbocycles. The molecule has 0 radical (unpaired) electrons. The first-order valence-corrected chi connectivity index (χ1v) is 9.86. The first-order chi connectivity index (χ1) is 13.9. The second kappa shape index (κ2) is 9.43. The van der Waals surface area contributed by atoms with Gasteiger partial charge in [-0.1, -0.05) is 18.2 Å². The van der Waals surface area contributed by atoms with E-state index in [9.17, 15) is 13.6 Å². The van der Waals surface area contributed by atoms with Crippen LogP contribution in [0.25, 0.3) is 6.08 Å². The van der Waals surface area contributed by atoms with Crippen LogP contribution in [0.1, 0.15) is 34.8 Å². The predicted octanol–water partition coefficient (Wildman–Crippen LogP) is 5.20. The van der Waals surface area contributed by atoms with E-state index in [4.69, 9.17) is 4.74 Å². The molecule has 0 aliphatic rings. The Morgan fingerprint density at radius 2 is 2.07 bits per heavy atom. The monoisotopic (exact) mass is 414 g/mol. The fourth-order valence-corrected chi connectivity index (χ4v) is 3.24. The Balaban J connectivity index is 1.57. The molecule has 1 atom stereocenters. The van der Waals surface area contributed by atoms with Crippen LogP contribution in [0.15, 0.2) is 53.9 Å². The molecule has 0 aliphatic heterocycles. The average molecular weight is 414 g/mol. The molecule has 0 aliphatic carbocycles. The van der Waals surface area contributed by atoms with Gasteiger partial charge in [0, 0.05) is 11.5 Å². The van der Waals surface area contributed by atoms with Crippen molar-refractivity contribution in [1.29, 1.82) is 0 Å². The molecule has 1 heterocycles. The Morgan fingerprint density at radius 3 is 2.79 bits per heavy atom. The van der Waals surface area contributed by atoms with Crippen molar-refractivity contribution in [3.63, 3.8) is 0 Å². The molecule has 3 aromatic rings. The van der Waals surface area contributed by atoms with Crippen molar-refractivity contribution in [2.24, 2.45) is 0 Å². The lowest BCUT2D eigenvalue weighted by atomic mass is 10.1. The topological polar surface area (TPSA) is 51.2 Å². The summed E-state index contributed by atoms with van der Waals surface area (Å²) >= 11 is 1.57. The summed E-state index contributed by atoms with van der Waals surface area (Å²) in [5, 5.41) is 5.67. The highest BCUT2D eigenvalue weighted by atomic mass is 32.1. The Morgan fingerprint density at radius 1 is 1.24 bits per heavy atom. The molecule has 1 aromatic heterocycles. The number of halogens is 2. The fraction of sp³-hybridized carbons (Fsp3) is 0.182. The summed E-state index contributed by atoms with van der Waals surface area (Å²) in [6.07, 6.45) is 3.05. The lowest BCUT2D eigenvalue weighted by Gasteiger charge is -2.13. The van der Waals surface area contributed by atoms with Gasteiger partial charge in [-0.05, 0) is 55.3 Å². The third kappa shape index (κ3) is 5.96. The first-order valence-electron chi connectivity index (χ1n) is 8.98. The zero-order chi connectivity index (χ0) is 20.8. The zero-order valence-electron chi connectivity index (χ0n) is 16.0. The Hall–Kier alpha value is -3.06. The highest BCUT2D eigenvalue weighted by Gasteiger charge is 2.10. The van der Waals surface area contributed by atoms with Crippen molar-refractivity contribution in [3.8, 4) is 5.75 Å². The Bertz CT molecular complexity index is 1030. The van der Waals surface area contributed by atoms with Crippen LogP contribution >= 0.6 is 11.3 Å². The van der Waals surface area contributed by atoms with Crippen molar-refractivity contribution in [2.75, 3.05) is 0 Å². The molecular weight excluding hydrogens is 394 g/mol. The van der Waals surface area contributed by atoms with Gasteiger partial charge in [-0.15, -0.1) is 11.3 Å². The molecule has 0 fully saturated rings. The minimum Gasteiger partial charge on any atom is -0.487 e. The van der Waals surface area contributed by atoms with Gasteiger partial charge in [0.1, 0.15) is 12.4 Å². The van der Waals surface area contributed by atoms with Crippen LogP contribution in [0, 0.1) is 18.6 Å². The summed E-state index contributed by atoms with van der Waals surface area (Å²) in [4.78, 5) is 16.5. The number of aryl methyl sites for hydroxylation is 1. The van der Waals surface area contributed by atoms with E-state index in [1.54, 1.807) is 24.3 Å². The standard InChI is InChI=1S/C22H20F2N2O2S/c1-14(17-7-8-20(23)21(24)11-17)25-22(27)9-6-16-4-3-5-19(10-16)28-12-18-13-29-15(2)26-18/h3-11,13-14H,12H2,1-2H3,(H,25,27)/b9-6+/t14-/m1/s1. The highest BCUT2D eigenvalue weighted by Crippen LogP contribution is 2.18. The molecule has 3 rings (SSSR count). The van der Waals surface area contributed by atoms with E-state index in [1.807, 2.05) is 36.6 Å². The number of benzene rings is 2. The second-order valence-electron chi connectivity index (χ2n) is 6.46. The molecule has 1 N–H and O–H groups in total. The van der Waals surface area contributed by atoms with Crippen LogP contribution in [-0.2, 0) is 11.4 Å². The van der Waals surface area contributed by atoms with Crippen LogP contribution in [0.2, 0.25) is 0 Å². The number of hydrogen-bond acceptors (Lipinski definition) is 4. The van der Waals surface area contributed by atoms with Gasteiger partial charge in [0.15, 0.2) is 11.6 Å². The van der Waals surface area contributed by atoms with E-state index in [-0.39, 0.29) is 5.91 Å². The molecule has 4 nitrogen and oxygen atoms in total. The maximum absolute atomic E-state index is 13.3. The smallest absolute Gasteiger partial charge is 0.244 e. The van der Waals surface area contributed by atoms with Crippen LogP contribution in [0.5, 0.6) is 5.75 Å². The maximum atomic E-state index is 13.3. The van der Waals surface area contributed by atoms with Gasteiger partial charge in [0.25, 0.3) is 0 Å². The number of carbonyl (C=O) groups is 1. The number of ether oxygens (including phenoxy) is 1. The quantitative estimate of drug-likeness (QED) is 0.541. The van der Waals surface area contributed by atoms with Crippen molar-refractivity contribution < 1.29 is 18.3 Å². The van der Waals surface area contributed by atoms with Crippen molar-refractivity contribution in [3.05, 3.63) is 87.4 Å². The molecule has 29 heavy (non-hydrogen) atoms. The maximum Gasteiger partial charge on any atom is 0.244 e. The van der Waals surface area contributed by atoms with Gasteiger partial charge in [0.2, 0.25) is 5.91 Å². The number of nitrogens with zero attached hydrogens (tertiary/aromatic N) is 1. The zero-order valence-corrected chi connectivity index (χ0v) is 16.8. The SMILES string of the molecule is Cc1nc(COc2cccc(/C=C/C(=O)N[C@H](C)c3ccc(F)c(F)c3)c2)cs1. The number of hydrogen-bond donors (Lipinski definition) is 1. The van der Waals surface area contributed by atoms with Crippen molar-refractivity contribution >= 4 is 23.3 Å². The summed E-state index contributed by atoms with van der Waals surface area (Å²) in [6, 6.07) is 10.4. The van der Waals surface area contributed by atoms with Crippen molar-refractivity contribution in [1.82, 2.24) is 10.3 Å². The van der Waals surface area contributed by atoms with Crippen LogP contribution in [-0.4, -0.2) is 10.9 Å². The normalized spacial score (nSPS) is 12.1. The van der Waals surface area contributed by atoms with Gasteiger partial charge < -0.3 is 10.1 Å². The van der Waals surface area contributed by atoms with Gasteiger partial charge in [-0.3, -0.25) is 4.79 Å². The van der Waals surface area contributed by atoms with Crippen LogP contribution in [0.4, 0.5) is 8.78 Å². The highest BCUT2D eigenvalue weighted by molar-refractivity contribution is 7.09. The molecule has 150 valence electrons. The minimum absolute atomic E-state index is 0.341. The van der Waals surface area contributed by atoms with Gasteiger partial charge in [-0.25, -0.2) is 13.8 Å². The van der Waals surface area contributed by atoms with Gasteiger partial charge >= 0.3 is 0 Å². The summed E-state index contributed by atoms with van der Waals surface area (Å²) in [7, 11) is 0. The summed E-state index contributed by atoms with van der Waals surface area (Å²) in [6.45, 7) is 4.02. The van der Waals surface area contributed by atoms with Gasteiger partial charge in [0.05, 0.1) is 16.7 Å². The number of aromatic nitrogens is 1. The molecule has 0 spiro atoms. The van der Waals surface area contributed by atoms with E-state index in [0.29, 0.717) is 17.9 Å². The van der Waals surface area contributed by atoms with E-state index < -0.39 is 17.7 Å². The Labute approximate surface area is 171 Å². The van der Waals surface area contributed by atoms with Crippen LogP contribution < -0.4 is 10.1 Å². The van der Waals surface area contributed by atoms with E-state index in [2.05, 4.69) is 10.3 Å². The molecule has 0 bridgehead atoms. The van der Waals surface area contributed by atoms with Crippen molar-refractivity contribution in [2.45, 2.75) is 26.5 Å². The van der Waals surface area contributed by atoms with E-state index >= 15 is 0 Å². The number of rotatable bonds is 7. The second-order valence-corrected chi connectivity index (χ2v) is 7.52. The molecule has 1 amide bonds. The number of carbonyl (C=O) groups excluding carboxylic acids is 1. The number of amides is 1. The molecule has 0 unspecified atom stereocenters. The largest absolute Gasteiger partial charge is 0.487 e. The lowest BCUT2D eigenvalue weighted by molar-refractivity contribution is -0.117. The minimum atomic E-state index is -0.941. The molecule has 7 heteroatoms. The number of thiazole rings is 1. The molecular formula is C22H20F2N2O2S. The number of nitrogens with one attached hydrogen (secondary N) is 1. The van der Waals surface area contributed by atoms with E-state index in [0.717, 1.165) is 28.4 Å². The lowest BCUT2D eigenvalue weighted by Crippen LogP contribution is -2.24. The summed E-state index contributed by atoms with van der Waals surface area (Å²) < 4.78 is 32.1. The molecule has 2 aromatic carbocycles. The van der Waals surface area contributed by atoms with Crippen LogP contribution in [0.3, 0.4) is 0 Å². The summed E-state index contributed by atoms with van der Waals surface area (Å²) in [5.41, 5.74) is 2.16. The molecule has 0 saturated heterocycles. The fourth-order valence-electron chi connectivity index (χ4n) is 2.64. The Kier molecular flexibility index (Phi) is 6.72. The first kappa shape index (κ1) is 20.7. The van der Waals surface area contributed by atoms with Gasteiger partial charge in [-0.2, -0.15) is 0 Å².